The fourth-order valence-electron chi connectivity index (χ4n) is 3.15. The van der Waals surface area contributed by atoms with Crippen molar-refractivity contribution in [3.8, 4) is 0 Å². The van der Waals surface area contributed by atoms with Gasteiger partial charge in [-0.1, -0.05) is 44.2 Å². The number of rotatable bonds is 6. The Morgan fingerprint density at radius 3 is 2.50 bits per heavy atom. The SMILES string of the molecule is CO[C@H]1OC(COCc2ccccc2)[C@H](C)[C@H](C(N)=O)C1C. The molecule has 0 aromatic heterocycles. The minimum Gasteiger partial charge on any atom is -0.374 e. The van der Waals surface area contributed by atoms with Gasteiger partial charge in [0.1, 0.15) is 0 Å². The number of hydrogen-bond donors (Lipinski definition) is 1. The maximum absolute atomic E-state index is 11.7. The maximum atomic E-state index is 11.7. The molecule has 1 fully saturated rings. The van der Waals surface area contributed by atoms with Crippen molar-refractivity contribution in [2.75, 3.05) is 13.7 Å². The van der Waals surface area contributed by atoms with E-state index in [-0.39, 0.29) is 29.8 Å². The minimum atomic E-state index is -0.431. The number of carbonyl (C=O) groups is 1. The molecule has 1 heterocycles. The zero-order valence-corrected chi connectivity index (χ0v) is 13.4. The molecule has 2 N–H and O–H groups in total. The average molecular weight is 307 g/mol. The average Bonchev–Trinajstić information content (AvgIpc) is 2.50. The molecule has 1 aromatic carbocycles. The number of primary amides is 1. The molecule has 2 rings (SSSR count). The lowest BCUT2D eigenvalue weighted by Crippen LogP contribution is -2.52. The molecule has 1 aliphatic rings. The van der Waals surface area contributed by atoms with Crippen molar-refractivity contribution < 1.29 is 19.0 Å². The first kappa shape index (κ1) is 16.9. The lowest BCUT2D eigenvalue weighted by atomic mass is 9.77. The van der Waals surface area contributed by atoms with Crippen molar-refractivity contribution in [3.05, 3.63) is 35.9 Å². The number of methoxy groups -OCH3 is 1. The van der Waals surface area contributed by atoms with Crippen molar-refractivity contribution in [3.63, 3.8) is 0 Å². The van der Waals surface area contributed by atoms with Crippen LogP contribution in [0.2, 0.25) is 0 Å². The summed E-state index contributed by atoms with van der Waals surface area (Å²) >= 11 is 0. The van der Waals surface area contributed by atoms with E-state index in [9.17, 15) is 4.79 Å². The number of nitrogens with two attached hydrogens (primary N) is 1. The monoisotopic (exact) mass is 307 g/mol. The van der Waals surface area contributed by atoms with Crippen molar-refractivity contribution in [2.45, 2.75) is 32.8 Å². The second-order valence-corrected chi connectivity index (χ2v) is 5.93. The van der Waals surface area contributed by atoms with E-state index < -0.39 is 6.29 Å². The van der Waals surface area contributed by atoms with Gasteiger partial charge in [0.2, 0.25) is 5.91 Å². The van der Waals surface area contributed by atoms with Gasteiger partial charge in [0.05, 0.1) is 25.2 Å². The van der Waals surface area contributed by atoms with E-state index in [2.05, 4.69) is 0 Å². The van der Waals surface area contributed by atoms with E-state index >= 15 is 0 Å². The van der Waals surface area contributed by atoms with Crippen LogP contribution in [0.5, 0.6) is 0 Å². The molecule has 1 saturated heterocycles. The molecule has 0 bridgehead atoms. The molecular weight excluding hydrogens is 282 g/mol. The highest BCUT2D eigenvalue weighted by Gasteiger charge is 2.44. The summed E-state index contributed by atoms with van der Waals surface area (Å²) in [5.74, 6) is -0.653. The molecule has 5 heteroatoms. The minimum absolute atomic E-state index is 0.00493. The van der Waals surface area contributed by atoms with Crippen molar-refractivity contribution in [2.24, 2.45) is 23.5 Å². The Hall–Kier alpha value is -1.43. The van der Waals surface area contributed by atoms with Crippen LogP contribution in [0.3, 0.4) is 0 Å². The summed E-state index contributed by atoms with van der Waals surface area (Å²) in [6.45, 7) is 4.84. The van der Waals surface area contributed by atoms with Crippen LogP contribution in [0.15, 0.2) is 30.3 Å². The largest absolute Gasteiger partial charge is 0.374 e. The predicted molar refractivity (Wildman–Crippen MR) is 82.8 cm³/mol. The number of carbonyl (C=O) groups excluding carboxylic acids is 1. The summed E-state index contributed by atoms with van der Waals surface area (Å²) in [5, 5.41) is 0. The van der Waals surface area contributed by atoms with E-state index in [1.165, 1.54) is 0 Å². The van der Waals surface area contributed by atoms with Crippen molar-refractivity contribution in [1.29, 1.82) is 0 Å². The summed E-state index contributed by atoms with van der Waals surface area (Å²) in [7, 11) is 1.58. The lowest BCUT2D eigenvalue weighted by molar-refractivity contribution is -0.247. The first-order chi connectivity index (χ1) is 10.5. The van der Waals surface area contributed by atoms with Gasteiger partial charge in [0, 0.05) is 13.0 Å². The molecule has 0 saturated carbocycles. The highest BCUT2D eigenvalue weighted by atomic mass is 16.7. The smallest absolute Gasteiger partial charge is 0.221 e. The van der Waals surface area contributed by atoms with Crippen LogP contribution in [0.4, 0.5) is 0 Å². The van der Waals surface area contributed by atoms with Crippen molar-refractivity contribution >= 4 is 5.91 Å². The number of benzene rings is 1. The molecule has 122 valence electrons. The quantitative estimate of drug-likeness (QED) is 0.872. The van der Waals surface area contributed by atoms with Crippen LogP contribution in [-0.2, 0) is 25.6 Å². The van der Waals surface area contributed by atoms with E-state index in [1.807, 2.05) is 44.2 Å². The third-order valence-electron chi connectivity index (χ3n) is 4.41. The molecule has 22 heavy (non-hydrogen) atoms. The number of ether oxygens (including phenoxy) is 3. The highest BCUT2D eigenvalue weighted by molar-refractivity contribution is 5.77. The van der Waals surface area contributed by atoms with Gasteiger partial charge >= 0.3 is 0 Å². The fourth-order valence-corrected chi connectivity index (χ4v) is 3.15. The van der Waals surface area contributed by atoms with Crippen molar-refractivity contribution in [1.82, 2.24) is 0 Å². The second-order valence-electron chi connectivity index (χ2n) is 5.93. The highest BCUT2D eigenvalue weighted by Crippen LogP contribution is 2.35. The van der Waals surface area contributed by atoms with E-state index in [0.29, 0.717) is 13.2 Å². The van der Waals surface area contributed by atoms with Crippen LogP contribution < -0.4 is 5.73 Å². The summed E-state index contributed by atoms with van der Waals surface area (Å²) in [6, 6.07) is 9.95. The third kappa shape index (κ3) is 3.85. The third-order valence-corrected chi connectivity index (χ3v) is 4.41. The Labute approximate surface area is 131 Å². The summed E-state index contributed by atoms with van der Waals surface area (Å²) < 4.78 is 17.0. The van der Waals surface area contributed by atoms with Crippen LogP contribution in [0.1, 0.15) is 19.4 Å². The molecule has 5 nitrogen and oxygen atoms in total. The van der Waals surface area contributed by atoms with Crippen LogP contribution >= 0.6 is 0 Å². The molecule has 0 aliphatic carbocycles. The Balaban J connectivity index is 1.95. The van der Waals surface area contributed by atoms with E-state index in [0.717, 1.165) is 5.56 Å². The van der Waals surface area contributed by atoms with Crippen LogP contribution in [0.25, 0.3) is 0 Å². The van der Waals surface area contributed by atoms with Crippen LogP contribution in [0, 0.1) is 17.8 Å². The Morgan fingerprint density at radius 1 is 1.23 bits per heavy atom. The van der Waals surface area contributed by atoms with Gasteiger partial charge < -0.3 is 19.9 Å². The molecule has 1 aromatic rings. The van der Waals surface area contributed by atoms with Crippen LogP contribution in [-0.4, -0.2) is 32.0 Å². The molecule has 2 unspecified atom stereocenters. The Bertz CT molecular complexity index is 479. The van der Waals surface area contributed by atoms with Gasteiger partial charge in [0.15, 0.2) is 6.29 Å². The number of amides is 1. The van der Waals surface area contributed by atoms with Gasteiger partial charge in [0.25, 0.3) is 0 Å². The van der Waals surface area contributed by atoms with Gasteiger partial charge in [-0.2, -0.15) is 0 Å². The summed E-state index contributed by atoms with van der Waals surface area (Å²) in [6.07, 6.45) is -0.638. The first-order valence-electron chi connectivity index (χ1n) is 7.63. The standard InChI is InChI=1S/C17H25NO4/c1-11-14(10-21-9-13-7-5-4-6-8-13)22-17(20-3)12(2)15(11)16(18)19/h4-8,11-12,14-15,17H,9-10H2,1-3H3,(H2,18,19)/t11-,12?,14?,15-,17-/m0/s1. The van der Waals surface area contributed by atoms with E-state index in [1.54, 1.807) is 7.11 Å². The molecule has 1 amide bonds. The van der Waals surface area contributed by atoms with Gasteiger partial charge in [-0.3, -0.25) is 4.79 Å². The Morgan fingerprint density at radius 2 is 1.91 bits per heavy atom. The van der Waals surface area contributed by atoms with Gasteiger partial charge in [-0.25, -0.2) is 0 Å². The number of hydrogen-bond acceptors (Lipinski definition) is 4. The molecule has 0 spiro atoms. The lowest BCUT2D eigenvalue weighted by Gasteiger charge is -2.42. The normalized spacial score (nSPS) is 31.9. The van der Waals surface area contributed by atoms with E-state index in [4.69, 9.17) is 19.9 Å². The molecular formula is C17H25NO4. The maximum Gasteiger partial charge on any atom is 0.221 e. The molecule has 5 atom stereocenters. The molecule has 0 radical (unpaired) electrons. The first-order valence-corrected chi connectivity index (χ1v) is 7.63. The summed E-state index contributed by atoms with van der Waals surface area (Å²) in [4.78, 5) is 11.7. The predicted octanol–water partition coefficient (Wildman–Crippen LogP) is 1.95. The Kier molecular flexibility index (Phi) is 5.94. The molecule has 1 aliphatic heterocycles. The zero-order chi connectivity index (χ0) is 16.1. The van der Waals surface area contributed by atoms with Gasteiger partial charge in [-0.05, 0) is 11.5 Å². The van der Waals surface area contributed by atoms with Gasteiger partial charge in [-0.15, -0.1) is 0 Å². The topological polar surface area (TPSA) is 70.8 Å². The zero-order valence-electron chi connectivity index (χ0n) is 13.4. The second kappa shape index (κ2) is 7.72. The fraction of sp³-hybridized carbons (Fsp3) is 0.588. The summed E-state index contributed by atoms with van der Waals surface area (Å²) in [5.41, 5.74) is 6.66.